The van der Waals surface area contributed by atoms with Crippen LogP contribution in [0, 0.1) is 0 Å². The van der Waals surface area contributed by atoms with Gasteiger partial charge in [-0.25, -0.2) is 0 Å². The van der Waals surface area contributed by atoms with Gasteiger partial charge in [0.25, 0.3) is 0 Å². The number of ether oxygens (including phenoxy) is 1. The number of aliphatic hydroxyl groups is 1. The number of hydrogen-bond donors (Lipinski definition) is 3. The van der Waals surface area contributed by atoms with Gasteiger partial charge in [-0.1, -0.05) is 19.1 Å². The maximum absolute atomic E-state index is 10.9. The molecule has 0 fully saturated rings. The first kappa shape index (κ1) is 16.5. The molecule has 3 unspecified atom stereocenters. The van der Waals surface area contributed by atoms with E-state index in [2.05, 4.69) is 5.32 Å². The number of carboxylic acids is 1. The largest absolute Gasteiger partial charge is 0.481 e. The monoisotopic (exact) mass is 281 g/mol. The summed E-state index contributed by atoms with van der Waals surface area (Å²) in [6.07, 6.45) is 0.581. The number of benzene rings is 1. The molecule has 0 aromatic heterocycles. The first-order chi connectivity index (χ1) is 9.47. The third-order valence-electron chi connectivity index (χ3n) is 3.14. The lowest BCUT2D eigenvalue weighted by atomic mass is 10.0. The summed E-state index contributed by atoms with van der Waals surface area (Å²) in [6.45, 7) is 5.57. The Morgan fingerprint density at radius 2 is 1.90 bits per heavy atom. The van der Waals surface area contributed by atoms with E-state index in [1.807, 2.05) is 13.8 Å². The summed E-state index contributed by atoms with van der Waals surface area (Å²) < 4.78 is 5.76. The van der Waals surface area contributed by atoms with Crippen LogP contribution in [0.2, 0.25) is 0 Å². The van der Waals surface area contributed by atoms with E-state index < -0.39 is 11.9 Å². The molecule has 0 bridgehead atoms. The maximum atomic E-state index is 10.9. The molecule has 20 heavy (non-hydrogen) atoms. The van der Waals surface area contributed by atoms with Crippen LogP contribution in [0.15, 0.2) is 24.3 Å². The molecular weight excluding hydrogens is 258 g/mol. The molecule has 1 aromatic rings. The smallest absolute Gasteiger partial charge is 0.310 e. The van der Waals surface area contributed by atoms with Crippen LogP contribution in [0.1, 0.15) is 38.7 Å². The van der Waals surface area contributed by atoms with E-state index in [-0.39, 0.29) is 18.9 Å². The van der Waals surface area contributed by atoms with Crippen LogP contribution in [0.4, 0.5) is 0 Å². The van der Waals surface area contributed by atoms with Gasteiger partial charge in [0, 0.05) is 6.04 Å². The Morgan fingerprint density at radius 3 is 2.35 bits per heavy atom. The summed E-state index contributed by atoms with van der Waals surface area (Å²) in [5, 5.41) is 21.1. The average Bonchev–Trinajstić information content (AvgIpc) is 2.46. The van der Waals surface area contributed by atoms with Crippen molar-refractivity contribution >= 4 is 5.97 Å². The molecule has 5 nitrogen and oxygen atoms in total. The van der Waals surface area contributed by atoms with Gasteiger partial charge in [0.05, 0.1) is 12.5 Å². The highest BCUT2D eigenvalue weighted by Gasteiger charge is 2.14. The quantitative estimate of drug-likeness (QED) is 0.635. The summed E-state index contributed by atoms with van der Waals surface area (Å²) in [5.41, 5.74) is 0.745. The molecule has 0 radical (unpaired) electrons. The fourth-order valence-electron chi connectivity index (χ4n) is 1.75. The van der Waals surface area contributed by atoms with Gasteiger partial charge >= 0.3 is 5.97 Å². The average molecular weight is 281 g/mol. The zero-order valence-electron chi connectivity index (χ0n) is 12.2. The lowest BCUT2D eigenvalue weighted by Crippen LogP contribution is -2.41. The van der Waals surface area contributed by atoms with Gasteiger partial charge in [0.2, 0.25) is 0 Å². The first-order valence-electron chi connectivity index (χ1n) is 6.84. The molecule has 5 heteroatoms. The normalized spacial score (nSPS) is 15.4. The molecule has 3 atom stereocenters. The Kier molecular flexibility index (Phi) is 6.48. The third kappa shape index (κ3) is 4.83. The number of rotatable bonds is 8. The number of carboxylic acid groups (broad SMARTS) is 1. The van der Waals surface area contributed by atoms with Crippen molar-refractivity contribution in [3.63, 3.8) is 0 Å². The van der Waals surface area contributed by atoms with Crippen molar-refractivity contribution in [3.05, 3.63) is 29.8 Å². The minimum absolute atomic E-state index is 0.0359. The summed E-state index contributed by atoms with van der Waals surface area (Å²) in [7, 11) is 0. The van der Waals surface area contributed by atoms with Crippen LogP contribution < -0.4 is 10.1 Å². The third-order valence-corrected chi connectivity index (χ3v) is 3.14. The van der Waals surface area contributed by atoms with E-state index in [0.29, 0.717) is 5.75 Å². The molecule has 112 valence electrons. The second kappa shape index (κ2) is 7.87. The van der Waals surface area contributed by atoms with Gasteiger partial charge in [-0.05, 0) is 38.0 Å². The van der Waals surface area contributed by atoms with Crippen LogP contribution in [-0.2, 0) is 4.79 Å². The Morgan fingerprint density at radius 1 is 1.30 bits per heavy atom. The van der Waals surface area contributed by atoms with E-state index in [4.69, 9.17) is 14.9 Å². The molecule has 0 aliphatic heterocycles. The SMILES string of the molecule is CCC(NC(C)CO)Oc1ccc(C(C)C(=O)O)cc1. The van der Waals surface area contributed by atoms with E-state index in [0.717, 1.165) is 12.0 Å². The van der Waals surface area contributed by atoms with Crippen molar-refractivity contribution < 1.29 is 19.7 Å². The Bertz CT molecular complexity index is 418. The van der Waals surface area contributed by atoms with Crippen LogP contribution in [0.3, 0.4) is 0 Å². The molecule has 0 heterocycles. The molecule has 0 amide bonds. The highest BCUT2D eigenvalue weighted by atomic mass is 16.5. The van der Waals surface area contributed by atoms with E-state index in [1.54, 1.807) is 31.2 Å². The van der Waals surface area contributed by atoms with Crippen molar-refractivity contribution in [1.82, 2.24) is 5.32 Å². The van der Waals surface area contributed by atoms with Gasteiger partial charge in [0.15, 0.2) is 0 Å². The van der Waals surface area contributed by atoms with Crippen molar-refractivity contribution in [2.45, 2.75) is 45.4 Å². The van der Waals surface area contributed by atoms with E-state index in [1.165, 1.54) is 0 Å². The standard InChI is InChI=1S/C15H23NO4/c1-4-14(16-10(2)9-17)20-13-7-5-12(6-8-13)11(3)15(18)19/h5-8,10-11,14,16-17H,4,9H2,1-3H3,(H,18,19). The predicted molar refractivity (Wildman–Crippen MR) is 76.9 cm³/mol. The fourth-order valence-corrected chi connectivity index (χ4v) is 1.75. The topological polar surface area (TPSA) is 78.8 Å². The predicted octanol–water partition coefficient (Wildman–Crippen LogP) is 1.96. The van der Waals surface area contributed by atoms with Crippen LogP contribution in [-0.4, -0.2) is 35.1 Å². The molecule has 1 rings (SSSR count). The number of aliphatic carboxylic acids is 1. The van der Waals surface area contributed by atoms with Crippen LogP contribution >= 0.6 is 0 Å². The van der Waals surface area contributed by atoms with Crippen LogP contribution in [0.25, 0.3) is 0 Å². The van der Waals surface area contributed by atoms with Crippen molar-refractivity contribution in [3.8, 4) is 5.75 Å². The summed E-state index contributed by atoms with van der Waals surface area (Å²) >= 11 is 0. The van der Waals surface area contributed by atoms with E-state index >= 15 is 0 Å². The Labute approximate surface area is 119 Å². The minimum atomic E-state index is -0.844. The molecule has 1 aromatic carbocycles. The van der Waals surface area contributed by atoms with Gasteiger partial charge in [-0.3, -0.25) is 10.1 Å². The molecule has 0 aliphatic carbocycles. The van der Waals surface area contributed by atoms with Crippen LogP contribution in [0.5, 0.6) is 5.75 Å². The molecule has 0 aliphatic rings. The second-order valence-electron chi connectivity index (χ2n) is 4.89. The number of aliphatic hydroxyl groups excluding tert-OH is 1. The molecule has 3 N–H and O–H groups in total. The molecule has 0 saturated heterocycles. The Balaban J connectivity index is 2.66. The number of carbonyl (C=O) groups is 1. The molecule has 0 saturated carbocycles. The fraction of sp³-hybridized carbons (Fsp3) is 0.533. The lowest BCUT2D eigenvalue weighted by Gasteiger charge is -2.22. The maximum Gasteiger partial charge on any atom is 0.310 e. The van der Waals surface area contributed by atoms with Crippen molar-refractivity contribution in [2.75, 3.05) is 6.61 Å². The zero-order chi connectivity index (χ0) is 15.1. The minimum Gasteiger partial charge on any atom is -0.481 e. The highest BCUT2D eigenvalue weighted by molar-refractivity contribution is 5.75. The zero-order valence-corrected chi connectivity index (χ0v) is 12.2. The van der Waals surface area contributed by atoms with E-state index in [9.17, 15) is 4.79 Å². The number of hydrogen-bond acceptors (Lipinski definition) is 4. The van der Waals surface area contributed by atoms with Crippen molar-refractivity contribution in [1.29, 1.82) is 0 Å². The first-order valence-corrected chi connectivity index (χ1v) is 6.84. The number of nitrogens with one attached hydrogen (secondary N) is 1. The lowest BCUT2D eigenvalue weighted by molar-refractivity contribution is -0.138. The summed E-state index contributed by atoms with van der Waals surface area (Å²) in [5.74, 6) is -0.696. The highest BCUT2D eigenvalue weighted by Crippen LogP contribution is 2.20. The Hall–Kier alpha value is -1.59. The summed E-state index contributed by atoms with van der Waals surface area (Å²) in [6, 6.07) is 7.02. The molecule has 0 spiro atoms. The summed E-state index contributed by atoms with van der Waals surface area (Å²) in [4.78, 5) is 10.9. The van der Waals surface area contributed by atoms with Gasteiger partial charge in [-0.15, -0.1) is 0 Å². The van der Waals surface area contributed by atoms with Gasteiger partial charge < -0.3 is 14.9 Å². The van der Waals surface area contributed by atoms with Gasteiger partial charge in [-0.2, -0.15) is 0 Å². The van der Waals surface area contributed by atoms with Gasteiger partial charge in [0.1, 0.15) is 12.0 Å². The molecular formula is C15H23NO4. The second-order valence-corrected chi connectivity index (χ2v) is 4.89. The van der Waals surface area contributed by atoms with Crippen molar-refractivity contribution in [2.24, 2.45) is 0 Å².